The number of hydrogen-bond donors (Lipinski definition) is 1. The van der Waals surface area contributed by atoms with Crippen molar-refractivity contribution in [2.75, 3.05) is 5.32 Å². The highest BCUT2D eigenvalue weighted by Gasteiger charge is 2.06. The summed E-state index contributed by atoms with van der Waals surface area (Å²) in [6.45, 7) is 4.64. The van der Waals surface area contributed by atoms with E-state index >= 15 is 0 Å². The van der Waals surface area contributed by atoms with E-state index in [2.05, 4.69) is 41.5 Å². The Hall–Kier alpha value is -1.55. The number of alkyl halides is 1. The van der Waals surface area contributed by atoms with E-state index in [1.54, 1.807) is 0 Å². The number of rotatable bonds is 4. The lowest BCUT2D eigenvalue weighted by molar-refractivity contribution is 0.470. The maximum Gasteiger partial charge on any atom is 0.235 e. The lowest BCUT2D eigenvalue weighted by Crippen LogP contribution is -2.03. The topological polar surface area (TPSA) is 51.0 Å². The van der Waals surface area contributed by atoms with Crippen molar-refractivity contribution in [2.45, 2.75) is 26.3 Å². The molecule has 0 fully saturated rings. The number of aromatic nitrogens is 2. The van der Waals surface area contributed by atoms with Crippen molar-refractivity contribution < 1.29 is 4.42 Å². The van der Waals surface area contributed by atoms with E-state index in [-0.39, 0.29) is 5.88 Å². The van der Waals surface area contributed by atoms with Crippen LogP contribution in [0.5, 0.6) is 0 Å². The molecule has 0 atom stereocenters. The smallest absolute Gasteiger partial charge is 0.235 e. The van der Waals surface area contributed by atoms with Gasteiger partial charge in [-0.15, -0.1) is 21.8 Å². The molecule has 1 heterocycles. The molecular weight excluding hydrogens is 238 g/mol. The van der Waals surface area contributed by atoms with Gasteiger partial charge in [0.25, 0.3) is 0 Å². The quantitative estimate of drug-likeness (QED) is 0.849. The van der Waals surface area contributed by atoms with Crippen LogP contribution in [0, 0.1) is 13.8 Å². The standard InChI is InChI=1S/C12H14ClN3O/c1-8-4-3-5-9(2)12(8)14-7-11-16-15-10(6-13)17-11/h3-5,14H,6-7H2,1-2H3. The van der Waals surface area contributed by atoms with E-state index in [9.17, 15) is 0 Å². The van der Waals surface area contributed by atoms with E-state index in [1.807, 2.05) is 6.07 Å². The Bertz CT molecular complexity index is 490. The predicted molar refractivity (Wildman–Crippen MR) is 67.1 cm³/mol. The molecular formula is C12H14ClN3O. The summed E-state index contributed by atoms with van der Waals surface area (Å²) in [6.07, 6.45) is 0. The third-order valence-corrected chi connectivity index (χ3v) is 2.75. The third kappa shape index (κ3) is 2.77. The number of para-hydroxylation sites is 1. The molecule has 0 spiro atoms. The van der Waals surface area contributed by atoms with Crippen LogP contribution in [0.3, 0.4) is 0 Å². The number of nitrogens with one attached hydrogen (secondary N) is 1. The molecule has 0 radical (unpaired) electrons. The van der Waals surface area contributed by atoms with Crippen molar-refractivity contribution in [1.29, 1.82) is 0 Å². The highest BCUT2D eigenvalue weighted by Crippen LogP contribution is 2.20. The van der Waals surface area contributed by atoms with Gasteiger partial charge >= 0.3 is 0 Å². The zero-order valence-corrected chi connectivity index (χ0v) is 10.6. The summed E-state index contributed by atoms with van der Waals surface area (Å²) in [7, 11) is 0. The zero-order valence-electron chi connectivity index (χ0n) is 9.83. The van der Waals surface area contributed by atoms with Crippen molar-refractivity contribution >= 4 is 17.3 Å². The van der Waals surface area contributed by atoms with Gasteiger partial charge in [-0.2, -0.15) is 0 Å². The van der Waals surface area contributed by atoms with Gasteiger partial charge in [0.2, 0.25) is 11.8 Å². The Balaban J connectivity index is 2.07. The average molecular weight is 252 g/mol. The van der Waals surface area contributed by atoms with Gasteiger partial charge in [0.1, 0.15) is 5.88 Å². The first kappa shape index (κ1) is 11.9. The Labute approximate surface area is 105 Å². The molecule has 0 bridgehead atoms. The van der Waals surface area contributed by atoms with Gasteiger partial charge in [-0.05, 0) is 25.0 Å². The van der Waals surface area contributed by atoms with Crippen molar-refractivity contribution in [3.8, 4) is 0 Å². The molecule has 2 aromatic rings. The summed E-state index contributed by atoms with van der Waals surface area (Å²) in [6, 6.07) is 6.16. The first-order valence-electron chi connectivity index (χ1n) is 5.38. The van der Waals surface area contributed by atoms with Gasteiger partial charge in [0.15, 0.2) is 0 Å². The molecule has 0 saturated carbocycles. The Morgan fingerprint density at radius 2 is 1.82 bits per heavy atom. The first-order valence-corrected chi connectivity index (χ1v) is 5.91. The molecule has 0 aliphatic heterocycles. The highest BCUT2D eigenvalue weighted by atomic mass is 35.5. The molecule has 0 aliphatic rings. The fourth-order valence-corrected chi connectivity index (χ4v) is 1.78. The van der Waals surface area contributed by atoms with Crippen LogP contribution in [0.2, 0.25) is 0 Å². The third-order valence-electron chi connectivity index (χ3n) is 2.52. The Kier molecular flexibility index (Phi) is 3.64. The number of hydrogen-bond acceptors (Lipinski definition) is 4. The molecule has 1 N–H and O–H groups in total. The summed E-state index contributed by atoms with van der Waals surface area (Å²) in [4.78, 5) is 0. The van der Waals surface area contributed by atoms with Gasteiger partial charge < -0.3 is 9.73 Å². The molecule has 1 aromatic heterocycles. The first-order chi connectivity index (χ1) is 8.20. The maximum atomic E-state index is 5.59. The fourth-order valence-electron chi connectivity index (χ4n) is 1.67. The monoisotopic (exact) mass is 251 g/mol. The van der Waals surface area contributed by atoms with E-state index in [4.69, 9.17) is 16.0 Å². The maximum absolute atomic E-state index is 5.59. The van der Waals surface area contributed by atoms with Gasteiger partial charge in [-0.3, -0.25) is 0 Å². The average Bonchev–Trinajstić information content (AvgIpc) is 2.76. The van der Waals surface area contributed by atoms with Crippen LogP contribution in [-0.4, -0.2) is 10.2 Å². The number of nitrogens with zero attached hydrogens (tertiary/aromatic N) is 2. The van der Waals surface area contributed by atoms with Gasteiger partial charge in [-0.25, -0.2) is 0 Å². The second-order valence-electron chi connectivity index (χ2n) is 3.84. The van der Waals surface area contributed by atoms with E-state index < -0.39 is 0 Å². The van der Waals surface area contributed by atoms with Crippen LogP contribution < -0.4 is 5.32 Å². The molecule has 17 heavy (non-hydrogen) atoms. The second kappa shape index (κ2) is 5.19. The Morgan fingerprint density at radius 1 is 1.18 bits per heavy atom. The molecule has 0 saturated heterocycles. The van der Waals surface area contributed by atoms with Crippen LogP contribution >= 0.6 is 11.6 Å². The summed E-state index contributed by atoms with van der Waals surface area (Å²) >= 11 is 5.59. The summed E-state index contributed by atoms with van der Waals surface area (Å²) in [5, 5.41) is 11.0. The molecule has 4 nitrogen and oxygen atoms in total. The van der Waals surface area contributed by atoms with Crippen LogP contribution in [0.1, 0.15) is 22.9 Å². The minimum absolute atomic E-state index is 0.246. The predicted octanol–water partition coefficient (Wildman–Crippen LogP) is 3.04. The molecule has 90 valence electrons. The summed E-state index contributed by atoms with van der Waals surface area (Å²) in [5.74, 6) is 1.24. The van der Waals surface area contributed by atoms with E-state index in [0.717, 1.165) is 5.69 Å². The number of benzene rings is 1. The van der Waals surface area contributed by atoms with Crippen LogP contribution in [0.4, 0.5) is 5.69 Å². The van der Waals surface area contributed by atoms with Crippen molar-refractivity contribution in [2.24, 2.45) is 0 Å². The molecule has 5 heteroatoms. The minimum Gasteiger partial charge on any atom is -0.422 e. The SMILES string of the molecule is Cc1cccc(C)c1NCc1nnc(CCl)o1. The fraction of sp³-hybridized carbons (Fsp3) is 0.333. The number of halogens is 1. The lowest BCUT2D eigenvalue weighted by atomic mass is 10.1. The van der Waals surface area contributed by atoms with Crippen molar-refractivity contribution in [1.82, 2.24) is 10.2 Å². The normalized spacial score (nSPS) is 10.5. The van der Waals surface area contributed by atoms with E-state index in [1.165, 1.54) is 11.1 Å². The summed E-state index contributed by atoms with van der Waals surface area (Å²) < 4.78 is 5.32. The molecule has 0 unspecified atom stereocenters. The number of anilines is 1. The molecule has 2 rings (SSSR count). The zero-order chi connectivity index (χ0) is 12.3. The van der Waals surface area contributed by atoms with Gasteiger partial charge in [0.05, 0.1) is 6.54 Å². The van der Waals surface area contributed by atoms with Crippen molar-refractivity contribution in [3.05, 3.63) is 41.1 Å². The van der Waals surface area contributed by atoms with Gasteiger partial charge in [0, 0.05) is 5.69 Å². The van der Waals surface area contributed by atoms with Crippen LogP contribution in [0.25, 0.3) is 0 Å². The second-order valence-corrected chi connectivity index (χ2v) is 4.11. The summed E-state index contributed by atoms with van der Waals surface area (Å²) in [5.41, 5.74) is 3.50. The van der Waals surface area contributed by atoms with Crippen LogP contribution in [-0.2, 0) is 12.4 Å². The van der Waals surface area contributed by atoms with Crippen molar-refractivity contribution in [3.63, 3.8) is 0 Å². The highest BCUT2D eigenvalue weighted by molar-refractivity contribution is 6.16. The Morgan fingerprint density at radius 3 is 2.41 bits per heavy atom. The largest absolute Gasteiger partial charge is 0.422 e. The van der Waals surface area contributed by atoms with Crippen LogP contribution in [0.15, 0.2) is 22.6 Å². The lowest BCUT2D eigenvalue weighted by Gasteiger charge is -2.10. The minimum atomic E-state index is 0.246. The molecule has 0 amide bonds. The van der Waals surface area contributed by atoms with Gasteiger partial charge in [-0.1, -0.05) is 18.2 Å². The number of aryl methyl sites for hydroxylation is 2. The molecule has 0 aliphatic carbocycles. The molecule has 1 aromatic carbocycles. The van der Waals surface area contributed by atoms with E-state index in [0.29, 0.717) is 18.3 Å².